The number of hydrogen-bond donors (Lipinski definition) is 0. The van der Waals surface area contributed by atoms with E-state index in [0.29, 0.717) is 48.2 Å². The van der Waals surface area contributed by atoms with Crippen molar-refractivity contribution < 1.29 is 22.7 Å². The molecule has 5 rings (SSSR count). The Bertz CT molecular complexity index is 1320. The van der Waals surface area contributed by atoms with Gasteiger partial charge in [0.15, 0.2) is 0 Å². The van der Waals surface area contributed by atoms with Crippen molar-refractivity contribution >= 4 is 22.8 Å². The first-order chi connectivity index (χ1) is 16.3. The fourth-order valence-corrected chi connectivity index (χ4v) is 4.98. The largest absolute Gasteiger partial charge is 0.444 e. The second-order valence-corrected chi connectivity index (χ2v) is 10.5. The average Bonchev–Trinajstić information content (AvgIpc) is 3.26. The van der Waals surface area contributed by atoms with Crippen LogP contribution in [0.2, 0.25) is 0 Å². The number of benzene rings is 1. The van der Waals surface area contributed by atoms with Gasteiger partial charge in [-0.15, -0.1) is 0 Å². The molecule has 35 heavy (non-hydrogen) atoms. The van der Waals surface area contributed by atoms with Crippen molar-refractivity contribution in [3.63, 3.8) is 0 Å². The first-order valence-corrected chi connectivity index (χ1v) is 11.7. The van der Waals surface area contributed by atoms with E-state index >= 15 is 0 Å². The van der Waals surface area contributed by atoms with Crippen LogP contribution in [0.15, 0.2) is 30.6 Å². The molecule has 0 atom stereocenters. The Morgan fingerprint density at radius 3 is 2.51 bits per heavy atom. The number of carbonyl (C=O) groups excluding carboxylic acids is 1. The van der Waals surface area contributed by atoms with Gasteiger partial charge in [0.05, 0.1) is 11.6 Å². The maximum atomic E-state index is 14.2. The van der Waals surface area contributed by atoms with Gasteiger partial charge in [-0.2, -0.15) is 13.2 Å². The van der Waals surface area contributed by atoms with Gasteiger partial charge in [0.1, 0.15) is 11.2 Å². The Kier molecular flexibility index (Phi) is 5.30. The van der Waals surface area contributed by atoms with Crippen molar-refractivity contribution in [2.45, 2.75) is 51.9 Å². The van der Waals surface area contributed by atoms with E-state index in [1.54, 1.807) is 23.4 Å². The Morgan fingerprint density at radius 2 is 1.86 bits per heavy atom. The van der Waals surface area contributed by atoms with E-state index in [1.807, 2.05) is 50.3 Å². The zero-order valence-electron chi connectivity index (χ0n) is 20.5. The fourth-order valence-electron chi connectivity index (χ4n) is 4.98. The van der Waals surface area contributed by atoms with Gasteiger partial charge in [-0.3, -0.25) is 0 Å². The third-order valence-electron chi connectivity index (χ3n) is 6.77. The average molecular weight is 487 g/mol. The summed E-state index contributed by atoms with van der Waals surface area (Å²) in [5.41, 5.74) is 2.47. The molecule has 0 saturated carbocycles. The summed E-state index contributed by atoms with van der Waals surface area (Å²) in [6, 6.07) is 4.69. The molecule has 0 aliphatic carbocycles. The van der Waals surface area contributed by atoms with Gasteiger partial charge in [0, 0.05) is 55.7 Å². The number of halogens is 3. The predicted molar refractivity (Wildman–Crippen MR) is 129 cm³/mol. The summed E-state index contributed by atoms with van der Waals surface area (Å²) in [5, 5.41) is 0.703. The molecule has 2 aliphatic heterocycles. The molecule has 6 nitrogen and oxygen atoms in total. The van der Waals surface area contributed by atoms with Crippen LogP contribution in [0.3, 0.4) is 0 Å². The summed E-state index contributed by atoms with van der Waals surface area (Å²) in [4.78, 5) is 20.5. The Labute approximate surface area is 202 Å². The van der Waals surface area contributed by atoms with E-state index in [4.69, 9.17) is 4.74 Å². The summed E-state index contributed by atoms with van der Waals surface area (Å²) >= 11 is 0. The lowest BCUT2D eigenvalue weighted by molar-refractivity contribution is -0.137. The van der Waals surface area contributed by atoms with Crippen LogP contribution in [0.4, 0.5) is 23.7 Å². The summed E-state index contributed by atoms with van der Waals surface area (Å²) in [6.45, 7) is 8.84. The van der Waals surface area contributed by atoms with Gasteiger partial charge < -0.3 is 19.1 Å². The van der Waals surface area contributed by atoms with Gasteiger partial charge >= 0.3 is 12.3 Å². The number of amides is 1. The molecule has 1 amide bonds. The monoisotopic (exact) mass is 486 g/mol. The van der Waals surface area contributed by atoms with Gasteiger partial charge in [0.25, 0.3) is 0 Å². The number of rotatable bonds is 2. The van der Waals surface area contributed by atoms with Crippen molar-refractivity contribution in [1.82, 2.24) is 14.5 Å². The number of anilines is 1. The quantitative estimate of drug-likeness (QED) is 0.458. The molecule has 0 bridgehead atoms. The molecular weight excluding hydrogens is 457 g/mol. The van der Waals surface area contributed by atoms with Crippen molar-refractivity contribution in [2.75, 3.05) is 31.6 Å². The number of hydrogen-bond acceptors (Lipinski definition) is 4. The molecule has 0 unspecified atom stereocenters. The number of likely N-dealkylation sites (N-methyl/N-ethyl adjacent to an activating group) is 1. The minimum absolute atomic E-state index is 0.0977. The number of aryl methyl sites for hydroxylation is 1. The molecule has 186 valence electrons. The molecule has 1 saturated heterocycles. The second-order valence-electron chi connectivity index (χ2n) is 10.5. The molecule has 1 aromatic carbocycles. The van der Waals surface area contributed by atoms with Gasteiger partial charge in [-0.05, 0) is 69.0 Å². The lowest BCUT2D eigenvalue weighted by atomic mass is 9.94. The lowest BCUT2D eigenvalue weighted by Crippen LogP contribution is -2.52. The van der Waals surface area contributed by atoms with Crippen molar-refractivity contribution in [3.05, 3.63) is 47.3 Å². The van der Waals surface area contributed by atoms with Gasteiger partial charge in [-0.25, -0.2) is 9.78 Å². The van der Waals surface area contributed by atoms with Crippen LogP contribution < -0.4 is 4.90 Å². The third-order valence-corrected chi connectivity index (χ3v) is 6.77. The number of carbonyl (C=O) groups is 1. The minimum Gasteiger partial charge on any atom is -0.444 e. The van der Waals surface area contributed by atoms with Crippen LogP contribution >= 0.6 is 0 Å². The van der Waals surface area contributed by atoms with Crippen LogP contribution in [-0.4, -0.2) is 52.8 Å². The maximum absolute atomic E-state index is 14.2. The zero-order chi connectivity index (χ0) is 25.3. The number of nitrogens with zero attached hydrogens (tertiary/aromatic N) is 4. The van der Waals surface area contributed by atoms with Crippen LogP contribution in [0.25, 0.3) is 22.2 Å². The molecule has 2 aliphatic rings. The Balaban J connectivity index is 1.59. The molecule has 4 heterocycles. The van der Waals surface area contributed by atoms with E-state index in [2.05, 4.69) is 4.98 Å². The number of aromatic nitrogens is 2. The number of likely N-dealkylation sites (tertiary alicyclic amines) is 1. The summed E-state index contributed by atoms with van der Waals surface area (Å²) < 4.78 is 50.0. The minimum atomic E-state index is -4.49. The molecule has 9 heteroatoms. The molecule has 0 radical (unpaired) electrons. The molecule has 3 aromatic rings. The van der Waals surface area contributed by atoms with Crippen molar-refractivity contribution in [1.29, 1.82) is 0 Å². The summed E-state index contributed by atoms with van der Waals surface area (Å²) in [7, 11) is 1.90. The van der Waals surface area contributed by atoms with E-state index in [0.717, 1.165) is 11.3 Å². The fraction of sp³-hybridized carbons (Fsp3) is 0.462. The number of pyridine rings is 1. The third kappa shape index (κ3) is 4.10. The highest BCUT2D eigenvalue weighted by atomic mass is 19.4. The number of ether oxygens (including phenoxy) is 1. The van der Waals surface area contributed by atoms with Crippen LogP contribution in [-0.2, 0) is 17.3 Å². The number of fused-ring (bicyclic) bond motifs is 2. The first-order valence-electron chi connectivity index (χ1n) is 11.7. The SMILES string of the molecule is Cc1ccnc2c1c(-c1cc3c(cc1C(F)(F)F)CCN3C)cn2C1CN(C(=O)OC(C)(C)C)C1. The van der Waals surface area contributed by atoms with E-state index in [1.165, 1.54) is 6.07 Å². The highest BCUT2D eigenvalue weighted by Crippen LogP contribution is 2.45. The smallest absolute Gasteiger partial charge is 0.417 e. The van der Waals surface area contributed by atoms with Crippen LogP contribution in [0.1, 0.15) is 43.5 Å². The molecular formula is C26H29F3N4O2. The predicted octanol–water partition coefficient (Wildman–Crippen LogP) is 5.81. The van der Waals surface area contributed by atoms with Crippen LogP contribution in [0, 0.1) is 6.92 Å². The van der Waals surface area contributed by atoms with E-state index in [-0.39, 0.29) is 11.6 Å². The molecule has 0 N–H and O–H groups in total. The van der Waals surface area contributed by atoms with E-state index in [9.17, 15) is 18.0 Å². The van der Waals surface area contributed by atoms with Gasteiger partial charge in [-0.1, -0.05) is 0 Å². The summed E-state index contributed by atoms with van der Waals surface area (Å²) in [5.74, 6) is 0. The summed E-state index contributed by atoms with van der Waals surface area (Å²) in [6.07, 6.45) is -0.840. The highest BCUT2D eigenvalue weighted by Gasteiger charge is 2.39. The normalized spacial score (nSPS) is 16.6. The van der Waals surface area contributed by atoms with Crippen LogP contribution in [0.5, 0.6) is 0 Å². The standard InChI is InChI=1S/C26H29F3N4O2/c1-15-6-8-30-23-22(15)19(14-33(23)17-12-32(13-17)24(34)35-25(2,3)4)18-11-21-16(7-9-31(21)5)10-20(18)26(27,28)29/h6,8,10-11,14,17H,7,9,12-13H2,1-5H3. The maximum Gasteiger partial charge on any atom is 0.417 e. The van der Waals surface area contributed by atoms with E-state index < -0.39 is 23.4 Å². The molecule has 0 spiro atoms. The zero-order valence-corrected chi connectivity index (χ0v) is 20.5. The molecule has 2 aromatic heterocycles. The Hall–Kier alpha value is -3.23. The number of alkyl halides is 3. The van der Waals surface area contributed by atoms with Gasteiger partial charge in [0.2, 0.25) is 0 Å². The second kappa shape index (κ2) is 7.90. The highest BCUT2D eigenvalue weighted by molar-refractivity contribution is 5.98. The van der Waals surface area contributed by atoms with Crippen molar-refractivity contribution in [2.24, 2.45) is 0 Å². The lowest BCUT2D eigenvalue weighted by Gasteiger charge is -2.40. The first kappa shape index (κ1) is 23.5. The van der Waals surface area contributed by atoms with Crippen molar-refractivity contribution in [3.8, 4) is 11.1 Å². The topological polar surface area (TPSA) is 50.6 Å². The molecule has 1 fully saturated rings. The Morgan fingerprint density at radius 1 is 1.14 bits per heavy atom.